The molecule has 4 heteroatoms. The monoisotopic (exact) mass is 259 g/mol. The van der Waals surface area contributed by atoms with E-state index in [0.717, 1.165) is 18.0 Å². The van der Waals surface area contributed by atoms with Crippen molar-refractivity contribution in [1.82, 2.24) is 15.1 Å². The van der Waals surface area contributed by atoms with Crippen molar-refractivity contribution in [2.45, 2.75) is 26.4 Å². The van der Waals surface area contributed by atoms with Gasteiger partial charge in [0.25, 0.3) is 0 Å². The first-order valence-electron chi connectivity index (χ1n) is 6.46. The molecule has 0 aliphatic heterocycles. The molecule has 0 amide bonds. The number of ether oxygens (including phenoxy) is 1. The highest BCUT2D eigenvalue weighted by molar-refractivity contribution is 5.29. The largest absolute Gasteiger partial charge is 0.497 e. The van der Waals surface area contributed by atoms with Gasteiger partial charge in [0, 0.05) is 5.69 Å². The van der Waals surface area contributed by atoms with Gasteiger partial charge in [-0.2, -0.15) is 5.10 Å². The Morgan fingerprint density at radius 1 is 1.26 bits per heavy atom. The molecular formula is C15H21N3O. The Bertz CT molecular complexity index is 531. The van der Waals surface area contributed by atoms with Crippen molar-refractivity contribution >= 4 is 0 Å². The van der Waals surface area contributed by atoms with Gasteiger partial charge in [-0.25, -0.2) is 0 Å². The van der Waals surface area contributed by atoms with E-state index in [0.29, 0.717) is 0 Å². The fourth-order valence-electron chi connectivity index (χ4n) is 2.23. The fourth-order valence-corrected chi connectivity index (χ4v) is 2.23. The van der Waals surface area contributed by atoms with Crippen molar-refractivity contribution in [3.05, 3.63) is 47.3 Å². The van der Waals surface area contributed by atoms with Gasteiger partial charge in [0.05, 0.1) is 25.4 Å². The minimum atomic E-state index is 0.240. The topological polar surface area (TPSA) is 39.1 Å². The highest BCUT2D eigenvalue weighted by atomic mass is 16.5. The number of hydrogen-bond donors (Lipinski definition) is 1. The molecule has 1 aromatic heterocycles. The third-order valence-electron chi connectivity index (χ3n) is 3.33. The molecule has 1 heterocycles. The first-order chi connectivity index (χ1) is 9.13. The second-order valence-electron chi connectivity index (χ2n) is 4.72. The summed E-state index contributed by atoms with van der Waals surface area (Å²) in [6, 6.07) is 10.5. The van der Waals surface area contributed by atoms with Crippen LogP contribution in [0.4, 0.5) is 0 Å². The predicted octanol–water partition coefficient (Wildman–Crippen LogP) is 2.47. The summed E-state index contributed by atoms with van der Waals surface area (Å²) < 4.78 is 7.23. The van der Waals surface area contributed by atoms with Crippen molar-refractivity contribution in [3.63, 3.8) is 0 Å². The maximum Gasteiger partial charge on any atom is 0.118 e. The lowest BCUT2D eigenvalue weighted by Gasteiger charge is -2.18. The minimum Gasteiger partial charge on any atom is -0.497 e. The molecule has 0 fully saturated rings. The highest BCUT2D eigenvalue weighted by Crippen LogP contribution is 2.19. The van der Waals surface area contributed by atoms with Crippen LogP contribution in [0.5, 0.6) is 5.75 Å². The van der Waals surface area contributed by atoms with E-state index in [4.69, 9.17) is 4.74 Å². The van der Waals surface area contributed by atoms with E-state index in [2.05, 4.69) is 35.5 Å². The molecule has 0 aliphatic rings. The number of hydrogen-bond acceptors (Lipinski definition) is 3. The Hall–Kier alpha value is -1.81. The zero-order chi connectivity index (χ0) is 13.8. The second kappa shape index (κ2) is 5.89. The zero-order valence-corrected chi connectivity index (χ0v) is 12.0. The molecule has 4 nitrogen and oxygen atoms in total. The van der Waals surface area contributed by atoms with Gasteiger partial charge in [-0.15, -0.1) is 0 Å². The number of aryl methyl sites for hydroxylation is 2. The Balaban J connectivity index is 2.17. The average Bonchev–Trinajstić information content (AvgIpc) is 2.74. The zero-order valence-electron chi connectivity index (χ0n) is 12.0. The third-order valence-corrected chi connectivity index (χ3v) is 3.33. The highest BCUT2D eigenvalue weighted by Gasteiger charge is 2.12. The quantitative estimate of drug-likeness (QED) is 0.896. The van der Waals surface area contributed by atoms with Gasteiger partial charge >= 0.3 is 0 Å². The summed E-state index contributed by atoms with van der Waals surface area (Å²) in [6.45, 7) is 4.93. The van der Waals surface area contributed by atoms with Gasteiger partial charge in [0.2, 0.25) is 0 Å². The number of likely N-dealkylation sites (N-methyl/N-ethyl adjacent to an activating group) is 1. The number of nitrogens with one attached hydrogen (secondary N) is 1. The Labute approximate surface area is 114 Å². The average molecular weight is 259 g/mol. The number of nitrogens with zero attached hydrogens (tertiary/aromatic N) is 2. The normalized spacial score (nSPS) is 12.4. The van der Waals surface area contributed by atoms with E-state index in [1.54, 1.807) is 7.11 Å². The first-order valence-corrected chi connectivity index (χ1v) is 6.46. The smallest absolute Gasteiger partial charge is 0.118 e. The lowest BCUT2D eigenvalue weighted by atomic mass is 10.1. The van der Waals surface area contributed by atoms with Crippen molar-refractivity contribution in [2.75, 3.05) is 14.2 Å². The second-order valence-corrected chi connectivity index (χ2v) is 4.72. The van der Waals surface area contributed by atoms with E-state index in [1.165, 1.54) is 11.3 Å². The molecule has 1 atom stereocenters. The van der Waals surface area contributed by atoms with Crippen molar-refractivity contribution < 1.29 is 4.74 Å². The van der Waals surface area contributed by atoms with Crippen molar-refractivity contribution in [1.29, 1.82) is 0 Å². The van der Waals surface area contributed by atoms with Crippen LogP contribution in [0.1, 0.15) is 23.0 Å². The number of rotatable bonds is 5. The molecule has 0 spiro atoms. The maximum absolute atomic E-state index is 5.19. The van der Waals surface area contributed by atoms with Crippen LogP contribution in [-0.4, -0.2) is 23.9 Å². The van der Waals surface area contributed by atoms with Crippen LogP contribution in [-0.2, 0) is 6.54 Å². The molecule has 0 aliphatic carbocycles. The lowest BCUT2D eigenvalue weighted by molar-refractivity contribution is 0.413. The molecule has 0 saturated carbocycles. The summed E-state index contributed by atoms with van der Waals surface area (Å²) in [5.74, 6) is 0.879. The number of benzene rings is 1. The van der Waals surface area contributed by atoms with Crippen LogP contribution in [0.25, 0.3) is 0 Å². The van der Waals surface area contributed by atoms with E-state index in [9.17, 15) is 0 Å². The summed E-state index contributed by atoms with van der Waals surface area (Å²) >= 11 is 0. The fraction of sp³-hybridized carbons (Fsp3) is 0.400. The first kappa shape index (κ1) is 13.6. The van der Waals surface area contributed by atoms with Crippen molar-refractivity contribution in [3.8, 4) is 5.75 Å². The van der Waals surface area contributed by atoms with Crippen LogP contribution in [0.15, 0.2) is 30.3 Å². The Kier molecular flexibility index (Phi) is 4.22. The van der Waals surface area contributed by atoms with Gasteiger partial charge in [-0.3, -0.25) is 4.68 Å². The molecule has 2 rings (SSSR count). The lowest BCUT2D eigenvalue weighted by Crippen LogP contribution is -2.23. The molecule has 0 radical (unpaired) electrons. The molecule has 1 N–H and O–H groups in total. The van der Waals surface area contributed by atoms with Crippen LogP contribution in [0.3, 0.4) is 0 Å². The predicted molar refractivity (Wildman–Crippen MR) is 76.5 cm³/mol. The van der Waals surface area contributed by atoms with Gasteiger partial charge in [0.1, 0.15) is 5.75 Å². The van der Waals surface area contributed by atoms with E-state index in [1.807, 2.05) is 30.8 Å². The third kappa shape index (κ3) is 3.15. The van der Waals surface area contributed by atoms with Crippen LogP contribution in [0.2, 0.25) is 0 Å². The molecule has 0 saturated heterocycles. The standard InChI is InChI=1S/C15H21N3O/c1-11-9-12(2)18(17-11)10-15(16-3)13-5-7-14(19-4)8-6-13/h5-9,15-16H,10H2,1-4H3. The Morgan fingerprint density at radius 3 is 2.42 bits per heavy atom. The van der Waals surface area contributed by atoms with Crippen LogP contribution in [0, 0.1) is 13.8 Å². The summed E-state index contributed by atoms with van der Waals surface area (Å²) in [5.41, 5.74) is 3.48. The molecule has 1 aromatic carbocycles. The van der Waals surface area contributed by atoms with Gasteiger partial charge in [-0.1, -0.05) is 12.1 Å². The minimum absolute atomic E-state index is 0.240. The van der Waals surface area contributed by atoms with Crippen LogP contribution < -0.4 is 10.1 Å². The number of aromatic nitrogens is 2. The van der Waals surface area contributed by atoms with E-state index < -0.39 is 0 Å². The van der Waals surface area contributed by atoms with Crippen molar-refractivity contribution in [2.24, 2.45) is 0 Å². The molecule has 19 heavy (non-hydrogen) atoms. The van der Waals surface area contributed by atoms with E-state index >= 15 is 0 Å². The summed E-state index contributed by atoms with van der Waals surface area (Å²) in [5, 5.41) is 7.85. The summed E-state index contributed by atoms with van der Waals surface area (Å²) in [6.07, 6.45) is 0. The Morgan fingerprint density at radius 2 is 1.95 bits per heavy atom. The molecular weight excluding hydrogens is 238 g/mol. The molecule has 102 valence electrons. The molecule has 0 bridgehead atoms. The SMILES string of the molecule is CNC(Cn1nc(C)cc1C)c1ccc(OC)cc1. The maximum atomic E-state index is 5.19. The van der Waals surface area contributed by atoms with Gasteiger partial charge < -0.3 is 10.1 Å². The molecule has 1 unspecified atom stereocenters. The molecule has 2 aromatic rings. The van der Waals surface area contributed by atoms with Gasteiger partial charge in [-0.05, 0) is 44.7 Å². The van der Waals surface area contributed by atoms with Crippen LogP contribution >= 0.6 is 0 Å². The summed E-state index contributed by atoms with van der Waals surface area (Å²) in [7, 11) is 3.65. The summed E-state index contributed by atoms with van der Waals surface area (Å²) in [4.78, 5) is 0. The van der Waals surface area contributed by atoms with E-state index in [-0.39, 0.29) is 6.04 Å². The number of methoxy groups -OCH3 is 1. The van der Waals surface area contributed by atoms with Gasteiger partial charge in [0.15, 0.2) is 0 Å².